The third-order valence-corrected chi connectivity index (χ3v) is 1.76. The first-order valence-corrected chi connectivity index (χ1v) is 4.27. The van der Waals surface area contributed by atoms with E-state index >= 15 is 0 Å². The van der Waals surface area contributed by atoms with E-state index in [1.807, 2.05) is 30.3 Å². The second-order valence-corrected chi connectivity index (χ2v) is 2.81. The maximum Gasteiger partial charge on any atom is 0.200 e. The van der Waals surface area contributed by atoms with Gasteiger partial charge in [-0.2, -0.15) is 0 Å². The topological polar surface area (TPSA) is 73.9 Å². The smallest absolute Gasteiger partial charge is 0.200 e. The van der Waals surface area contributed by atoms with Gasteiger partial charge in [-0.25, -0.2) is 5.43 Å². The van der Waals surface area contributed by atoms with Crippen LogP contribution in [-0.4, -0.2) is 5.96 Å². The molecule has 0 spiro atoms. The molecule has 4 heteroatoms. The molecule has 1 unspecified atom stereocenters. The first-order valence-electron chi connectivity index (χ1n) is 4.27. The number of guanidine groups is 1. The molecule has 4 nitrogen and oxygen atoms in total. The molecule has 0 amide bonds. The maximum absolute atomic E-state index is 7.00. The van der Waals surface area contributed by atoms with Crippen molar-refractivity contribution in [1.29, 1.82) is 5.41 Å². The average molecular weight is 190 g/mol. The summed E-state index contributed by atoms with van der Waals surface area (Å²) in [4.78, 5) is 0. The van der Waals surface area contributed by atoms with E-state index < -0.39 is 0 Å². The third-order valence-electron chi connectivity index (χ3n) is 1.76. The molecule has 0 bridgehead atoms. The molecule has 0 aromatic heterocycles. The minimum absolute atomic E-state index is 0.0555. The molecule has 0 saturated heterocycles. The van der Waals surface area contributed by atoms with E-state index in [1.165, 1.54) is 0 Å². The molecule has 1 atom stereocenters. The minimum atomic E-state index is -0.118. The molecule has 74 valence electrons. The number of rotatable bonds is 4. The predicted octanol–water partition coefficient (Wildman–Crippen LogP) is 0.901. The van der Waals surface area contributed by atoms with Crippen molar-refractivity contribution in [2.24, 2.45) is 5.73 Å². The first kappa shape index (κ1) is 10.3. The lowest BCUT2D eigenvalue weighted by molar-refractivity contribution is 0.583. The van der Waals surface area contributed by atoms with Gasteiger partial charge in [0.15, 0.2) is 5.96 Å². The largest absolute Gasteiger partial charge is 0.369 e. The van der Waals surface area contributed by atoms with E-state index in [4.69, 9.17) is 11.1 Å². The Hall–Kier alpha value is -1.81. The molecule has 0 radical (unpaired) electrons. The van der Waals surface area contributed by atoms with Gasteiger partial charge >= 0.3 is 0 Å². The minimum Gasteiger partial charge on any atom is -0.369 e. The summed E-state index contributed by atoms with van der Waals surface area (Å²) in [6, 6.07) is 9.73. The fraction of sp³-hybridized carbons (Fsp3) is 0.100. The van der Waals surface area contributed by atoms with Crippen LogP contribution in [0.5, 0.6) is 0 Å². The number of hydrazine groups is 1. The summed E-state index contributed by atoms with van der Waals surface area (Å²) in [5.74, 6) is -0.118. The highest BCUT2D eigenvalue weighted by atomic mass is 15.4. The van der Waals surface area contributed by atoms with Crippen LogP contribution in [0.3, 0.4) is 0 Å². The Morgan fingerprint density at radius 1 is 1.43 bits per heavy atom. The molecule has 0 aliphatic carbocycles. The van der Waals surface area contributed by atoms with Crippen LogP contribution in [0, 0.1) is 5.41 Å². The van der Waals surface area contributed by atoms with Crippen molar-refractivity contribution >= 4 is 5.96 Å². The molecule has 5 N–H and O–H groups in total. The Kier molecular flexibility index (Phi) is 3.69. The Balaban J connectivity index is 2.63. The van der Waals surface area contributed by atoms with Gasteiger partial charge in [-0.1, -0.05) is 36.4 Å². The Morgan fingerprint density at radius 3 is 2.57 bits per heavy atom. The zero-order valence-corrected chi connectivity index (χ0v) is 7.83. The van der Waals surface area contributed by atoms with E-state index in [-0.39, 0.29) is 12.0 Å². The van der Waals surface area contributed by atoms with Gasteiger partial charge in [-0.05, 0) is 5.56 Å². The maximum atomic E-state index is 7.00. The summed E-state index contributed by atoms with van der Waals surface area (Å²) in [6.45, 7) is 3.70. The Labute approximate surface area is 83.3 Å². The second kappa shape index (κ2) is 5.04. The summed E-state index contributed by atoms with van der Waals surface area (Å²) >= 11 is 0. The predicted molar refractivity (Wildman–Crippen MR) is 57.6 cm³/mol. The second-order valence-electron chi connectivity index (χ2n) is 2.81. The molecule has 14 heavy (non-hydrogen) atoms. The Morgan fingerprint density at radius 2 is 2.07 bits per heavy atom. The number of nitrogens with one attached hydrogen (secondary N) is 3. The van der Waals surface area contributed by atoms with Crippen molar-refractivity contribution in [2.45, 2.75) is 6.04 Å². The highest BCUT2D eigenvalue weighted by molar-refractivity contribution is 5.73. The van der Waals surface area contributed by atoms with Gasteiger partial charge in [-0.15, -0.1) is 6.58 Å². The average Bonchev–Trinajstić information content (AvgIpc) is 2.20. The summed E-state index contributed by atoms with van der Waals surface area (Å²) in [6.07, 6.45) is 1.74. The van der Waals surface area contributed by atoms with Crippen LogP contribution >= 0.6 is 0 Å². The molecule has 0 aliphatic rings. The van der Waals surface area contributed by atoms with Crippen LogP contribution in [0.1, 0.15) is 11.6 Å². The number of hydrogen-bond acceptors (Lipinski definition) is 2. The molecule has 1 aromatic rings. The summed E-state index contributed by atoms with van der Waals surface area (Å²) in [7, 11) is 0. The van der Waals surface area contributed by atoms with Gasteiger partial charge in [0, 0.05) is 0 Å². The fourth-order valence-corrected chi connectivity index (χ4v) is 1.09. The normalized spacial score (nSPS) is 11.7. The highest BCUT2D eigenvalue weighted by Crippen LogP contribution is 2.11. The molecule has 0 fully saturated rings. The lowest BCUT2D eigenvalue weighted by Gasteiger charge is -2.15. The van der Waals surface area contributed by atoms with E-state index in [1.54, 1.807) is 6.08 Å². The van der Waals surface area contributed by atoms with Crippen LogP contribution in [0.25, 0.3) is 0 Å². The van der Waals surface area contributed by atoms with Crippen LogP contribution in [0.4, 0.5) is 0 Å². The monoisotopic (exact) mass is 190 g/mol. The lowest BCUT2D eigenvalue weighted by atomic mass is 10.1. The molecule has 1 rings (SSSR count). The van der Waals surface area contributed by atoms with Crippen LogP contribution in [-0.2, 0) is 0 Å². The van der Waals surface area contributed by atoms with Crippen molar-refractivity contribution in [3.05, 3.63) is 48.6 Å². The number of hydrogen-bond donors (Lipinski definition) is 4. The van der Waals surface area contributed by atoms with Gasteiger partial charge < -0.3 is 5.73 Å². The summed E-state index contributed by atoms with van der Waals surface area (Å²) in [5, 5.41) is 7.00. The van der Waals surface area contributed by atoms with Gasteiger partial charge in [0.2, 0.25) is 0 Å². The number of benzene rings is 1. The van der Waals surface area contributed by atoms with Gasteiger partial charge in [0.1, 0.15) is 0 Å². The first-order chi connectivity index (χ1) is 6.74. The SMILES string of the molecule is C=CC(NNC(=N)N)c1ccccc1. The van der Waals surface area contributed by atoms with Crippen molar-refractivity contribution < 1.29 is 0 Å². The van der Waals surface area contributed by atoms with E-state index in [9.17, 15) is 0 Å². The molecule has 0 aliphatic heterocycles. The third kappa shape index (κ3) is 2.91. The number of nitrogens with two attached hydrogens (primary N) is 1. The summed E-state index contributed by atoms with van der Waals surface area (Å²) in [5.41, 5.74) is 11.6. The zero-order valence-electron chi connectivity index (χ0n) is 7.83. The fourth-order valence-electron chi connectivity index (χ4n) is 1.09. The van der Waals surface area contributed by atoms with Crippen molar-refractivity contribution in [1.82, 2.24) is 10.9 Å². The van der Waals surface area contributed by atoms with Crippen LogP contribution < -0.4 is 16.6 Å². The Bertz CT molecular complexity index is 307. The molecule has 0 saturated carbocycles. The standard InChI is InChI=1S/C10H14N4/c1-2-9(13-14-10(11)12)8-6-4-3-5-7-8/h2-7,9,13H,1H2,(H4,11,12,14). The summed E-state index contributed by atoms with van der Waals surface area (Å²) < 4.78 is 0. The molecule has 1 aromatic carbocycles. The zero-order chi connectivity index (χ0) is 10.4. The van der Waals surface area contributed by atoms with Crippen molar-refractivity contribution in [3.63, 3.8) is 0 Å². The van der Waals surface area contributed by atoms with Gasteiger partial charge in [-0.3, -0.25) is 10.8 Å². The lowest BCUT2D eigenvalue weighted by Crippen LogP contribution is -2.43. The van der Waals surface area contributed by atoms with Crippen LogP contribution in [0.2, 0.25) is 0 Å². The quantitative estimate of drug-likeness (QED) is 0.247. The highest BCUT2D eigenvalue weighted by Gasteiger charge is 2.04. The van der Waals surface area contributed by atoms with Gasteiger partial charge in [0.25, 0.3) is 0 Å². The van der Waals surface area contributed by atoms with Crippen molar-refractivity contribution in [2.75, 3.05) is 0 Å². The van der Waals surface area contributed by atoms with Gasteiger partial charge in [0.05, 0.1) is 6.04 Å². The molecule has 0 heterocycles. The van der Waals surface area contributed by atoms with E-state index in [0.29, 0.717) is 0 Å². The van der Waals surface area contributed by atoms with Crippen LogP contribution in [0.15, 0.2) is 43.0 Å². The molecular formula is C10H14N4. The van der Waals surface area contributed by atoms with E-state index in [0.717, 1.165) is 5.56 Å². The van der Waals surface area contributed by atoms with E-state index in [2.05, 4.69) is 17.4 Å². The molecular weight excluding hydrogens is 176 g/mol. The van der Waals surface area contributed by atoms with Crippen molar-refractivity contribution in [3.8, 4) is 0 Å².